The first-order valence-corrected chi connectivity index (χ1v) is 2.23. The number of aliphatic hydroxyl groups is 1. The summed E-state index contributed by atoms with van der Waals surface area (Å²) in [7, 11) is 0. The molecule has 0 aliphatic carbocycles. The molecule has 46 valence electrons. The van der Waals surface area contributed by atoms with E-state index in [4.69, 9.17) is 5.11 Å². The number of aliphatic hydroxyl groups excluding tert-OH is 1. The van der Waals surface area contributed by atoms with Crippen molar-refractivity contribution in [2.24, 2.45) is 0 Å². The van der Waals surface area contributed by atoms with Crippen molar-refractivity contribution in [1.29, 1.82) is 0 Å². The van der Waals surface area contributed by atoms with Crippen LogP contribution in [0.3, 0.4) is 0 Å². The van der Waals surface area contributed by atoms with Gasteiger partial charge in [0.05, 0.1) is 0 Å². The van der Waals surface area contributed by atoms with Crippen molar-refractivity contribution < 1.29 is 14.3 Å². The van der Waals surface area contributed by atoms with Gasteiger partial charge in [0.25, 0.3) is 0 Å². The molecule has 3 heteroatoms. The van der Waals surface area contributed by atoms with E-state index in [9.17, 15) is 9.18 Å². The maximum atomic E-state index is 11.7. The minimum atomic E-state index is -0.820. The maximum absolute atomic E-state index is 11.7. The molecule has 2 nitrogen and oxygen atoms in total. The number of carbonyl (C=O) groups excluding carboxylic acids is 1. The normalized spacial score (nSPS) is 11.5. The number of hydrogen-bond acceptors (Lipinski definition) is 2. The van der Waals surface area contributed by atoms with Crippen LogP contribution in [0.4, 0.5) is 4.39 Å². The fourth-order valence-corrected chi connectivity index (χ4v) is 0.251. The molecule has 0 unspecified atom stereocenters. The zero-order chi connectivity index (χ0) is 6.41. The van der Waals surface area contributed by atoms with Crippen LogP contribution in [0.2, 0.25) is 0 Å². The number of hydrogen-bond donors (Lipinski definition) is 1. The third-order valence-corrected chi connectivity index (χ3v) is 0.581. The van der Waals surface area contributed by atoms with Gasteiger partial charge in [-0.15, -0.1) is 0 Å². The Kier molecular flexibility index (Phi) is 4.07. The van der Waals surface area contributed by atoms with Crippen LogP contribution >= 0.6 is 0 Å². The van der Waals surface area contributed by atoms with Gasteiger partial charge in [0.2, 0.25) is 0 Å². The summed E-state index contributed by atoms with van der Waals surface area (Å²) in [6, 6.07) is 0. The average Bonchev–Trinajstić information content (AvgIpc) is 1.83. The molecule has 0 aromatic heterocycles. The first-order chi connectivity index (χ1) is 3.81. The van der Waals surface area contributed by atoms with Crippen LogP contribution in [0.1, 0.15) is 6.42 Å². The molecule has 0 aliphatic rings. The van der Waals surface area contributed by atoms with Gasteiger partial charge in [-0.3, -0.25) is 4.79 Å². The molecule has 0 aromatic rings. The summed E-state index contributed by atoms with van der Waals surface area (Å²) in [6.45, 7) is -0.124. The van der Waals surface area contributed by atoms with Crippen molar-refractivity contribution in [1.82, 2.24) is 0 Å². The van der Waals surface area contributed by atoms with Crippen LogP contribution in [0.5, 0.6) is 0 Å². The van der Waals surface area contributed by atoms with E-state index in [1.807, 2.05) is 0 Å². The predicted octanol–water partition coefficient (Wildman–Crippen LogP) is 0.421. The third-order valence-electron chi connectivity index (χ3n) is 0.581. The van der Waals surface area contributed by atoms with Gasteiger partial charge in [-0.2, -0.15) is 0 Å². The van der Waals surface area contributed by atoms with Gasteiger partial charge >= 0.3 is 0 Å². The Balaban J connectivity index is 3.40. The average molecular weight is 118 g/mol. The Labute approximate surface area is 46.6 Å². The monoisotopic (exact) mass is 118 g/mol. The smallest absolute Gasteiger partial charge is 0.178 e. The fourth-order valence-electron chi connectivity index (χ4n) is 0.251. The lowest BCUT2D eigenvalue weighted by molar-refractivity contribution is -0.106. The van der Waals surface area contributed by atoms with E-state index in [1.165, 1.54) is 0 Å². The summed E-state index contributed by atoms with van der Waals surface area (Å²) in [5.74, 6) is -0.820. The van der Waals surface area contributed by atoms with Crippen LogP contribution < -0.4 is 0 Å². The van der Waals surface area contributed by atoms with Gasteiger partial charge in [-0.25, -0.2) is 4.39 Å². The summed E-state index contributed by atoms with van der Waals surface area (Å²) >= 11 is 0. The van der Waals surface area contributed by atoms with Crippen molar-refractivity contribution in [3.8, 4) is 0 Å². The predicted molar refractivity (Wildman–Crippen MR) is 27.0 cm³/mol. The van der Waals surface area contributed by atoms with E-state index in [-0.39, 0.29) is 19.3 Å². The number of allylic oxidation sites excluding steroid dienone is 1. The molecule has 0 saturated carbocycles. The van der Waals surface area contributed by atoms with Crippen LogP contribution in [0.15, 0.2) is 11.9 Å². The highest BCUT2D eigenvalue weighted by Gasteiger charge is 1.85. The zero-order valence-corrected chi connectivity index (χ0v) is 4.30. The van der Waals surface area contributed by atoms with E-state index in [1.54, 1.807) is 0 Å². The molecule has 0 spiro atoms. The second-order valence-electron chi connectivity index (χ2n) is 1.22. The topological polar surface area (TPSA) is 37.3 Å². The number of rotatable bonds is 3. The van der Waals surface area contributed by atoms with E-state index in [0.29, 0.717) is 0 Å². The Morgan fingerprint density at radius 3 is 2.75 bits per heavy atom. The van der Waals surface area contributed by atoms with Crippen molar-refractivity contribution in [3.05, 3.63) is 11.9 Å². The highest BCUT2D eigenvalue weighted by molar-refractivity contribution is 5.69. The van der Waals surface area contributed by atoms with Crippen molar-refractivity contribution in [2.45, 2.75) is 6.42 Å². The molecule has 0 radical (unpaired) electrons. The molecule has 0 fully saturated rings. The molecule has 1 N–H and O–H groups in total. The molecular weight excluding hydrogens is 111 g/mol. The maximum Gasteiger partial charge on any atom is 0.178 e. The van der Waals surface area contributed by atoms with Crippen molar-refractivity contribution in [2.75, 3.05) is 6.61 Å². The van der Waals surface area contributed by atoms with Crippen molar-refractivity contribution in [3.63, 3.8) is 0 Å². The lowest BCUT2D eigenvalue weighted by Gasteiger charge is -1.81. The first-order valence-electron chi connectivity index (χ1n) is 2.23. The standard InChI is InChI=1S/C5H7FO2/c6-5(4-8)2-1-3-7/h2,4,7H,1,3H2/b5-2+. The molecule has 0 amide bonds. The highest BCUT2D eigenvalue weighted by atomic mass is 19.1. The number of aldehydes is 1. The van der Waals surface area contributed by atoms with Crippen LogP contribution in [0, 0.1) is 0 Å². The second kappa shape index (κ2) is 4.46. The molecule has 0 saturated heterocycles. The molecule has 8 heavy (non-hydrogen) atoms. The highest BCUT2D eigenvalue weighted by Crippen LogP contribution is 1.91. The first kappa shape index (κ1) is 7.30. The van der Waals surface area contributed by atoms with E-state index >= 15 is 0 Å². The SMILES string of the molecule is O=C/C(F)=C\CCO. The Hall–Kier alpha value is -0.700. The molecule has 0 rings (SSSR count). The summed E-state index contributed by atoms with van der Waals surface area (Å²) in [5.41, 5.74) is 0. The molecule has 0 atom stereocenters. The molecule has 0 heterocycles. The lowest BCUT2D eigenvalue weighted by Crippen LogP contribution is -1.79. The number of carbonyl (C=O) groups is 1. The van der Waals surface area contributed by atoms with Gasteiger partial charge < -0.3 is 5.11 Å². The molecule has 0 aromatic carbocycles. The second-order valence-corrected chi connectivity index (χ2v) is 1.22. The zero-order valence-electron chi connectivity index (χ0n) is 4.30. The largest absolute Gasteiger partial charge is 0.396 e. The fraction of sp³-hybridized carbons (Fsp3) is 0.400. The third kappa shape index (κ3) is 3.49. The molecule has 0 bridgehead atoms. The van der Waals surface area contributed by atoms with Gasteiger partial charge in [0, 0.05) is 6.61 Å². The Morgan fingerprint density at radius 2 is 2.38 bits per heavy atom. The van der Waals surface area contributed by atoms with E-state index < -0.39 is 5.83 Å². The van der Waals surface area contributed by atoms with Crippen LogP contribution in [0.25, 0.3) is 0 Å². The quantitative estimate of drug-likeness (QED) is 0.430. The Bertz CT molecular complexity index is 98.6. The summed E-state index contributed by atoms with van der Waals surface area (Å²) < 4.78 is 11.7. The van der Waals surface area contributed by atoms with Gasteiger partial charge in [0.15, 0.2) is 12.1 Å². The van der Waals surface area contributed by atoms with Gasteiger partial charge in [0.1, 0.15) is 0 Å². The summed E-state index contributed by atoms with van der Waals surface area (Å²) in [4.78, 5) is 9.49. The van der Waals surface area contributed by atoms with E-state index in [0.717, 1.165) is 6.08 Å². The minimum absolute atomic E-state index is 0.107. The summed E-state index contributed by atoms with van der Waals surface area (Å²) in [6.07, 6.45) is 1.34. The lowest BCUT2D eigenvalue weighted by atomic mass is 10.4. The van der Waals surface area contributed by atoms with Crippen LogP contribution in [-0.2, 0) is 4.79 Å². The van der Waals surface area contributed by atoms with Crippen LogP contribution in [-0.4, -0.2) is 18.0 Å². The van der Waals surface area contributed by atoms with Gasteiger partial charge in [-0.1, -0.05) is 0 Å². The molecule has 0 aliphatic heterocycles. The Morgan fingerprint density at radius 1 is 1.75 bits per heavy atom. The van der Waals surface area contributed by atoms with E-state index in [2.05, 4.69) is 0 Å². The minimum Gasteiger partial charge on any atom is -0.396 e. The molecular formula is C5H7FO2. The summed E-state index contributed by atoms with van der Waals surface area (Å²) in [5, 5.41) is 8.08. The van der Waals surface area contributed by atoms with Crippen molar-refractivity contribution >= 4 is 6.29 Å². The number of halogens is 1. The van der Waals surface area contributed by atoms with Gasteiger partial charge in [-0.05, 0) is 12.5 Å².